The van der Waals surface area contributed by atoms with Crippen LogP contribution >= 0.6 is 0 Å². The molecular weight excluding hydrogens is 368 g/mol. The van der Waals surface area contributed by atoms with E-state index >= 15 is 0 Å². The standard InChI is InChI=1S/C22H34N4O3/c1-6-23-22(24-11-10-20-17(4)26-29-18(20)5)25-15-19-9-8-16(3)14-21(19)28-13-12-27-7-2/h8-9,14H,6-7,10-13,15H2,1-5H3,(H2,23,24,25). The molecule has 1 aromatic heterocycles. The number of nitrogens with one attached hydrogen (secondary N) is 2. The molecule has 0 unspecified atom stereocenters. The van der Waals surface area contributed by atoms with Gasteiger partial charge in [0.1, 0.15) is 18.1 Å². The van der Waals surface area contributed by atoms with Crippen molar-refractivity contribution in [2.24, 2.45) is 4.99 Å². The number of ether oxygens (including phenoxy) is 2. The monoisotopic (exact) mass is 402 g/mol. The van der Waals surface area contributed by atoms with Crippen molar-refractivity contribution in [2.75, 3.05) is 32.9 Å². The van der Waals surface area contributed by atoms with Gasteiger partial charge in [-0.3, -0.25) is 0 Å². The Balaban J connectivity index is 1.98. The van der Waals surface area contributed by atoms with Crippen molar-refractivity contribution in [3.63, 3.8) is 0 Å². The topological polar surface area (TPSA) is 80.9 Å². The Morgan fingerprint density at radius 1 is 1.14 bits per heavy atom. The van der Waals surface area contributed by atoms with Crippen LogP contribution in [0, 0.1) is 20.8 Å². The van der Waals surface area contributed by atoms with Gasteiger partial charge in [0, 0.05) is 30.8 Å². The van der Waals surface area contributed by atoms with Gasteiger partial charge in [-0.05, 0) is 52.7 Å². The van der Waals surface area contributed by atoms with Gasteiger partial charge in [0.05, 0.1) is 18.8 Å². The molecule has 160 valence electrons. The molecule has 2 N–H and O–H groups in total. The number of aryl methyl sites for hydroxylation is 3. The smallest absolute Gasteiger partial charge is 0.191 e. The Labute approximate surface area is 173 Å². The van der Waals surface area contributed by atoms with Crippen molar-refractivity contribution in [2.45, 2.75) is 47.6 Å². The zero-order valence-corrected chi connectivity index (χ0v) is 18.3. The van der Waals surface area contributed by atoms with Gasteiger partial charge in [0.2, 0.25) is 0 Å². The molecule has 0 aliphatic rings. The van der Waals surface area contributed by atoms with Gasteiger partial charge in [0.25, 0.3) is 0 Å². The van der Waals surface area contributed by atoms with Crippen molar-refractivity contribution in [3.8, 4) is 5.75 Å². The molecule has 0 radical (unpaired) electrons. The summed E-state index contributed by atoms with van der Waals surface area (Å²) in [6.45, 7) is 13.9. The summed E-state index contributed by atoms with van der Waals surface area (Å²) in [6.07, 6.45) is 0.835. The Bertz CT molecular complexity index is 767. The van der Waals surface area contributed by atoms with Gasteiger partial charge in [0.15, 0.2) is 5.96 Å². The number of hydrogen-bond donors (Lipinski definition) is 2. The Morgan fingerprint density at radius 2 is 1.97 bits per heavy atom. The third-order valence-electron chi connectivity index (χ3n) is 4.51. The van der Waals surface area contributed by atoms with E-state index in [-0.39, 0.29) is 0 Å². The lowest BCUT2D eigenvalue weighted by atomic mass is 10.1. The number of hydrogen-bond acceptors (Lipinski definition) is 5. The zero-order chi connectivity index (χ0) is 21.1. The van der Waals surface area contributed by atoms with Gasteiger partial charge in [-0.1, -0.05) is 17.3 Å². The van der Waals surface area contributed by atoms with E-state index in [9.17, 15) is 0 Å². The van der Waals surface area contributed by atoms with Crippen LogP contribution in [0.5, 0.6) is 5.75 Å². The average molecular weight is 403 g/mol. The molecule has 0 aliphatic heterocycles. The lowest BCUT2D eigenvalue weighted by molar-refractivity contribution is 0.110. The summed E-state index contributed by atoms with van der Waals surface area (Å²) in [7, 11) is 0. The maximum atomic E-state index is 5.92. The summed E-state index contributed by atoms with van der Waals surface area (Å²) in [6, 6.07) is 6.20. The minimum absolute atomic E-state index is 0.532. The van der Waals surface area contributed by atoms with Gasteiger partial charge < -0.3 is 24.6 Å². The number of aliphatic imine (C=N–C) groups is 1. The highest BCUT2D eigenvalue weighted by Crippen LogP contribution is 2.21. The molecule has 1 heterocycles. The largest absolute Gasteiger partial charge is 0.491 e. The number of nitrogens with zero attached hydrogens (tertiary/aromatic N) is 2. The predicted molar refractivity (Wildman–Crippen MR) is 116 cm³/mol. The van der Waals surface area contributed by atoms with E-state index in [4.69, 9.17) is 19.0 Å². The molecule has 7 nitrogen and oxygen atoms in total. The molecule has 0 amide bonds. The molecule has 2 rings (SSSR count). The van der Waals surface area contributed by atoms with Crippen LogP contribution in [0.3, 0.4) is 0 Å². The Kier molecular flexibility index (Phi) is 9.50. The molecule has 7 heteroatoms. The van der Waals surface area contributed by atoms with Crippen molar-refractivity contribution in [1.29, 1.82) is 0 Å². The molecule has 0 spiro atoms. The van der Waals surface area contributed by atoms with Crippen molar-refractivity contribution in [1.82, 2.24) is 15.8 Å². The van der Waals surface area contributed by atoms with E-state index in [1.165, 1.54) is 0 Å². The molecule has 2 aromatic rings. The van der Waals surface area contributed by atoms with Crippen LogP contribution in [0.4, 0.5) is 0 Å². The molecule has 0 saturated carbocycles. The quantitative estimate of drug-likeness (QED) is 0.341. The predicted octanol–water partition coefficient (Wildman–Crippen LogP) is 3.31. The Hall–Kier alpha value is -2.54. The fourth-order valence-electron chi connectivity index (χ4n) is 2.95. The summed E-state index contributed by atoms with van der Waals surface area (Å²) < 4.78 is 16.5. The first kappa shape index (κ1) is 22.7. The summed E-state index contributed by atoms with van der Waals surface area (Å²) in [4.78, 5) is 4.73. The van der Waals surface area contributed by atoms with Crippen LogP contribution < -0.4 is 15.4 Å². The molecular formula is C22H34N4O3. The first-order valence-corrected chi connectivity index (χ1v) is 10.3. The van der Waals surface area contributed by atoms with Crippen molar-refractivity contribution < 1.29 is 14.0 Å². The molecule has 0 atom stereocenters. The minimum atomic E-state index is 0.532. The van der Waals surface area contributed by atoms with Crippen LogP contribution in [0.1, 0.15) is 42.0 Å². The second-order valence-corrected chi connectivity index (χ2v) is 6.83. The number of benzene rings is 1. The molecule has 0 bridgehead atoms. The van der Waals surface area contributed by atoms with Crippen LogP contribution in [-0.2, 0) is 17.7 Å². The number of guanidine groups is 1. The second-order valence-electron chi connectivity index (χ2n) is 6.83. The summed E-state index contributed by atoms with van der Waals surface area (Å²) in [5, 5.41) is 10.7. The van der Waals surface area contributed by atoms with Crippen LogP contribution in [0.25, 0.3) is 0 Å². The van der Waals surface area contributed by atoms with Gasteiger partial charge in [-0.15, -0.1) is 0 Å². The lowest BCUT2D eigenvalue weighted by Crippen LogP contribution is -2.38. The minimum Gasteiger partial charge on any atom is -0.491 e. The summed E-state index contributed by atoms with van der Waals surface area (Å²) >= 11 is 0. The first-order valence-electron chi connectivity index (χ1n) is 10.3. The van der Waals surface area contributed by atoms with E-state index in [1.807, 2.05) is 20.8 Å². The zero-order valence-electron chi connectivity index (χ0n) is 18.3. The lowest BCUT2D eigenvalue weighted by Gasteiger charge is -2.14. The maximum absolute atomic E-state index is 5.92. The maximum Gasteiger partial charge on any atom is 0.191 e. The molecule has 0 saturated heterocycles. The van der Waals surface area contributed by atoms with Crippen LogP contribution in [0.15, 0.2) is 27.7 Å². The van der Waals surface area contributed by atoms with E-state index in [0.717, 1.165) is 59.4 Å². The second kappa shape index (κ2) is 12.1. The number of aromatic nitrogens is 1. The van der Waals surface area contributed by atoms with Gasteiger partial charge in [-0.25, -0.2) is 4.99 Å². The number of rotatable bonds is 11. The van der Waals surface area contributed by atoms with Gasteiger partial charge >= 0.3 is 0 Å². The normalized spacial score (nSPS) is 11.6. The average Bonchev–Trinajstić information content (AvgIpc) is 3.02. The summed E-state index contributed by atoms with van der Waals surface area (Å²) in [5.74, 6) is 2.51. The van der Waals surface area contributed by atoms with E-state index in [1.54, 1.807) is 0 Å². The highest BCUT2D eigenvalue weighted by atomic mass is 16.5. The van der Waals surface area contributed by atoms with Crippen molar-refractivity contribution >= 4 is 5.96 Å². The van der Waals surface area contributed by atoms with E-state index in [0.29, 0.717) is 26.4 Å². The fraction of sp³-hybridized carbons (Fsp3) is 0.545. The highest BCUT2D eigenvalue weighted by molar-refractivity contribution is 5.79. The van der Waals surface area contributed by atoms with Crippen molar-refractivity contribution in [3.05, 3.63) is 46.3 Å². The fourth-order valence-corrected chi connectivity index (χ4v) is 2.95. The van der Waals surface area contributed by atoms with Crippen LogP contribution in [0.2, 0.25) is 0 Å². The van der Waals surface area contributed by atoms with Crippen LogP contribution in [-0.4, -0.2) is 44.0 Å². The van der Waals surface area contributed by atoms with Gasteiger partial charge in [-0.2, -0.15) is 0 Å². The highest BCUT2D eigenvalue weighted by Gasteiger charge is 2.09. The Morgan fingerprint density at radius 3 is 2.66 bits per heavy atom. The molecule has 0 aliphatic carbocycles. The first-order chi connectivity index (χ1) is 14.0. The SMILES string of the molecule is CCNC(=NCc1ccc(C)cc1OCCOCC)NCCc1c(C)noc1C. The van der Waals surface area contributed by atoms with E-state index in [2.05, 4.69) is 47.8 Å². The third-order valence-corrected chi connectivity index (χ3v) is 4.51. The van der Waals surface area contributed by atoms with E-state index < -0.39 is 0 Å². The molecule has 29 heavy (non-hydrogen) atoms. The third kappa shape index (κ3) is 7.42. The molecule has 0 fully saturated rings. The summed E-state index contributed by atoms with van der Waals surface area (Å²) in [5.41, 5.74) is 4.31. The molecule has 1 aromatic carbocycles.